The normalized spacial score (nSPS) is 18.7. The van der Waals surface area contributed by atoms with Crippen molar-refractivity contribution in [3.05, 3.63) is 33.8 Å². The Morgan fingerprint density at radius 2 is 1.92 bits per heavy atom. The molecule has 1 atom stereocenters. The fraction of sp³-hybridized carbons (Fsp3) is 0.400. The molecule has 0 spiro atoms. The quantitative estimate of drug-likeness (QED) is 0.805. The van der Waals surface area contributed by atoms with E-state index >= 15 is 0 Å². The Morgan fingerprint density at radius 1 is 1.23 bits per heavy atom. The topological polar surface area (TPSA) is 26.0 Å². The zero-order chi connectivity index (χ0) is 9.42. The monoisotopic (exact) mass is 215 g/mol. The van der Waals surface area contributed by atoms with Crippen LogP contribution in [0.25, 0.3) is 0 Å². The van der Waals surface area contributed by atoms with Crippen LogP contribution in [0.5, 0.6) is 0 Å². The van der Waals surface area contributed by atoms with Crippen LogP contribution in [0.4, 0.5) is 0 Å². The Bertz CT molecular complexity index is 321. The molecule has 1 nitrogen and oxygen atoms in total. The van der Waals surface area contributed by atoms with Gasteiger partial charge in [-0.1, -0.05) is 29.3 Å². The summed E-state index contributed by atoms with van der Waals surface area (Å²) in [6, 6.07) is 5.76. The Labute approximate surface area is 87.8 Å². The van der Waals surface area contributed by atoms with Crippen molar-refractivity contribution in [3.8, 4) is 0 Å². The highest BCUT2D eigenvalue weighted by Gasteiger charge is 2.29. The largest absolute Gasteiger partial charge is 0.324 e. The first-order valence-electron chi connectivity index (χ1n) is 4.39. The van der Waals surface area contributed by atoms with E-state index in [1.54, 1.807) is 0 Å². The van der Waals surface area contributed by atoms with Crippen molar-refractivity contribution in [2.75, 3.05) is 0 Å². The van der Waals surface area contributed by atoms with E-state index in [2.05, 4.69) is 0 Å². The predicted octanol–water partition coefficient (Wildman–Crippen LogP) is 3.40. The maximum absolute atomic E-state index is 6.02. The van der Waals surface area contributed by atoms with Crippen LogP contribution in [-0.4, -0.2) is 0 Å². The number of benzene rings is 1. The van der Waals surface area contributed by atoms with Gasteiger partial charge in [-0.15, -0.1) is 0 Å². The molecule has 1 aromatic rings. The van der Waals surface area contributed by atoms with Gasteiger partial charge < -0.3 is 5.73 Å². The van der Waals surface area contributed by atoms with Crippen LogP contribution in [0, 0.1) is 5.92 Å². The van der Waals surface area contributed by atoms with Gasteiger partial charge in [0, 0.05) is 6.04 Å². The van der Waals surface area contributed by atoms with E-state index in [0.29, 0.717) is 16.0 Å². The van der Waals surface area contributed by atoms with Crippen molar-refractivity contribution in [2.24, 2.45) is 11.7 Å². The third-order valence-corrected chi connectivity index (χ3v) is 3.20. The molecule has 13 heavy (non-hydrogen) atoms. The molecule has 1 unspecified atom stereocenters. The van der Waals surface area contributed by atoms with Gasteiger partial charge >= 0.3 is 0 Å². The first kappa shape index (κ1) is 9.32. The van der Waals surface area contributed by atoms with E-state index in [1.165, 1.54) is 12.8 Å². The summed E-state index contributed by atoms with van der Waals surface area (Å²) in [6.45, 7) is 0. The third kappa shape index (κ3) is 1.98. The lowest BCUT2D eigenvalue weighted by molar-refractivity contribution is 0.633. The van der Waals surface area contributed by atoms with Crippen LogP contribution in [0.2, 0.25) is 10.0 Å². The molecular weight excluding hydrogens is 205 g/mol. The summed E-state index contributed by atoms with van der Waals surface area (Å²) in [7, 11) is 0. The van der Waals surface area contributed by atoms with Crippen molar-refractivity contribution in [2.45, 2.75) is 18.9 Å². The fourth-order valence-corrected chi connectivity index (χ4v) is 1.75. The number of hydrogen-bond acceptors (Lipinski definition) is 1. The second kappa shape index (κ2) is 3.49. The Hall–Kier alpha value is -0.240. The summed E-state index contributed by atoms with van der Waals surface area (Å²) < 4.78 is 0. The molecule has 0 bridgehead atoms. The van der Waals surface area contributed by atoms with Crippen molar-refractivity contribution in [1.29, 1.82) is 0 Å². The summed E-state index contributed by atoms with van der Waals surface area (Å²) >= 11 is 11.7. The van der Waals surface area contributed by atoms with Crippen molar-refractivity contribution in [1.82, 2.24) is 0 Å². The Morgan fingerprint density at radius 3 is 2.46 bits per heavy atom. The van der Waals surface area contributed by atoms with E-state index < -0.39 is 0 Å². The molecule has 0 amide bonds. The van der Waals surface area contributed by atoms with E-state index in [9.17, 15) is 0 Å². The SMILES string of the molecule is NC(c1ccc(Cl)c(Cl)c1)C1CC1. The van der Waals surface area contributed by atoms with Gasteiger partial charge in [-0.3, -0.25) is 0 Å². The van der Waals surface area contributed by atoms with Crippen molar-refractivity contribution in [3.63, 3.8) is 0 Å². The zero-order valence-corrected chi connectivity index (χ0v) is 8.65. The lowest BCUT2D eigenvalue weighted by Gasteiger charge is -2.10. The number of hydrogen-bond donors (Lipinski definition) is 1. The highest BCUT2D eigenvalue weighted by atomic mass is 35.5. The van der Waals surface area contributed by atoms with Crippen LogP contribution in [0.15, 0.2) is 18.2 Å². The molecule has 0 heterocycles. The van der Waals surface area contributed by atoms with Crippen LogP contribution in [0.3, 0.4) is 0 Å². The lowest BCUT2D eigenvalue weighted by Crippen LogP contribution is -2.12. The first-order chi connectivity index (χ1) is 6.18. The molecule has 1 saturated carbocycles. The molecule has 2 rings (SSSR count). The second-order valence-corrected chi connectivity index (χ2v) is 4.35. The maximum atomic E-state index is 6.02. The Balaban J connectivity index is 2.24. The second-order valence-electron chi connectivity index (χ2n) is 3.54. The van der Waals surface area contributed by atoms with Gasteiger partial charge in [0.05, 0.1) is 10.0 Å². The molecule has 1 aromatic carbocycles. The van der Waals surface area contributed by atoms with Gasteiger partial charge in [-0.2, -0.15) is 0 Å². The highest BCUT2D eigenvalue weighted by Crippen LogP contribution is 2.40. The smallest absolute Gasteiger partial charge is 0.0595 e. The van der Waals surface area contributed by atoms with Crippen LogP contribution >= 0.6 is 23.2 Å². The molecule has 0 aliphatic heterocycles. The minimum Gasteiger partial charge on any atom is -0.324 e. The van der Waals surface area contributed by atoms with Gasteiger partial charge in [-0.05, 0) is 36.5 Å². The summed E-state index contributed by atoms with van der Waals surface area (Å²) in [5, 5.41) is 1.18. The molecule has 70 valence electrons. The minimum absolute atomic E-state index is 0.134. The van der Waals surface area contributed by atoms with Crippen molar-refractivity contribution < 1.29 is 0 Å². The van der Waals surface area contributed by atoms with Gasteiger partial charge in [0.1, 0.15) is 0 Å². The molecule has 2 N–H and O–H groups in total. The molecule has 0 aromatic heterocycles. The van der Waals surface area contributed by atoms with E-state index in [1.807, 2.05) is 18.2 Å². The number of halogens is 2. The highest BCUT2D eigenvalue weighted by molar-refractivity contribution is 6.42. The Kier molecular flexibility index (Phi) is 2.50. The van der Waals surface area contributed by atoms with Gasteiger partial charge in [0.25, 0.3) is 0 Å². The maximum Gasteiger partial charge on any atom is 0.0595 e. The van der Waals surface area contributed by atoms with E-state index in [4.69, 9.17) is 28.9 Å². The molecular formula is C10H11Cl2N. The molecule has 1 fully saturated rings. The fourth-order valence-electron chi connectivity index (χ4n) is 1.45. The number of nitrogens with two attached hydrogens (primary N) is 1. The minimum atomic E-state index is 0.134. The van der Waals surface area contributed by atoms with Crippen molar-refractivity contribution >= 4 is 23.2 Å². The molecule has 0 radical (unpaired) electrons. The van der Waals surface area contributed by atoms with Gasteiger partial charge in [0.2, 0.25) is 0 Å². The van der Waals surface area contributed by atoms with Crippen LogP contribution in [0.1, 0.15) is 24.4 Å². The van der Waals surface area contributed by atoms with E-state index in [-0.39, 0.29) is 6.04 Å². The molecule has 1 aliphatic carbocycles. The summed E-state index contributed by atoms with van der Waals surface area (Å²) in [5.74, 6) is 0.650. The standard InChI is InChI=1S/C10H11Cl2N/c11-8-4-3-7(5-9(8)12)10(13)6-1-2-6/h3-6,10H,1-2,13H2. The van der Waals surface area contributed by atoms with Gasteiger partial charge in [-0.25, -0.2) is 0 Å². The molecule has 3 heteroatoms. The summed E-state index contributed by atoms with van der Waals surface area (Å²) in [6.07, 6.45) is 2.48. The van der Waals surface area contributed by atoms with Crippen LogP contribution in [-0.2, 0) is 0 Å². The summed E-state index contributed by atoms with van der Waals surface area (Å²) in [4.78, 5) is 0. The average molecular weight is 216 g/mol. The number of rotatable bonds is 2. The summed E-state index contributed by atoms with van der Waals surface area (Å²) in [5.41, 5.74) is 7.11. The first-order valence-corrected chi connectivity index (χ1v) is 5.14. The molecule has 0 saturated heterocycles. The predicted molar refractivity (Wildman–Crippen MR) is 56.1 cm³/mol. The third-order valence-electron chi connectivity index (χ3n) is 2.46. The zero-order valence-electron chi connectivity index (χ0n) is 7.13. The average Bonchev–Trinajstić information content (AvgIpc) is 2.91. The van der Waals surface area contributed by atoms with Gasteiger partial charge in [0.15, 0.2) is 0 Å². The molecule has 1 aliphatic rings. The van der Waals surface area contributed by atoms with Crippen LogP contribution < -0.4 is 5.73 Å². The lowest BCUT2D eigenvalue weighted by atomic mass is 10.0. The van der Waals surface area contributed by atoms with E-state index in [0.717, 1.165) is 5.56 Å².